The van der Waals surface area contributed by atoms with Gasteiger partial charge in [0.1, 0.15) is 0 Å². The third-order valence-electron chi connectivity index (χ3n) is 4.85. The molecule has 25 heavy (non-hydrogen) atoms. The van der Waals surface area contributed by atoms with Crippen LogP contribution in [0.25, 0.3) is 0 Å². The van der Waals surface area contributed by atoms with Crippen LogP contribution in [0.15, 0.2) is 12.1 Å². The number of nitrogens with zero attached hydrogens (tertiary/aromatic N) is 1. The summed E-state index contributed by atoms with van der Waals surface area (Å²) in [5.41, 5.74) is 0.490. The van der Waals surface area contributed by atoms with Crippen molar-refractivity contribution in [3.05, 3.63) is 17.7 Å². The molecule has 0 spiro atoms. The molecule has 0 aliphatic carbocycles. The maximum absolute atomic E-state index is 12.7. The van der Waals surface area contributed by atoms with Crippen molar-refractivity contribution in [1.82, 2.24) is 10.2 Å². The molecule has 138 valence electrons. The predicted molar refractivity (Wildman–Crippen MR) is 92.7 cm³/mol. The van der Waals surface area contributed by atoms with Gasteiger partial charge in [0.05, 0.1) is 34.0 Å². The molecule has 3 rings (SSSR count). The van der Waals surface area contributed by atoms with Crippen LogP contribution in [-0.4, -0.2) is 70.0 Å². The number of ether oxygens (including phenoxy) is 4. The number of carbonyl (C=O) groups is 1. The van der Waals surface area contributed by atoms with Crippen LogP contribution in [0.3, 0.4) is 0 Å². The van der Waals surface area contributed by atoms with Gasteiger partial charge in [0.25, 0.3) is 5.91 Å². The molecule has 2 aliphatic heterocycles. The molecule has 3 atom stereocenters. The summed E-state index contributed by atoms with van der Waals surface area (Å²) in [5, 5.41) is 3.12. The number of benzene rings is 1. The summed E-state index contributed by atoms with van der Waals surface area (Å²) in [5.74, 6) is 1.28. The molecule has 1 aromatic rings. The van der Waals surface area contributed by atoms with Gasteiger partial charge < -0.3 is 24.3 Å². The molecule has 0 saturated carbocycles. The Bertz CT molecular complexity index is 611. The normalized spacial score (nSPS) is 26.0. The van der Waals surface area contributed by atoms with Crippen LogP contribution >= 0.6 is 0 Å². The molecule has 7 heteroatoms. The average molecular weight is 350 g/mol. The highest BCUT2D eigenvalue weighted by atomic mass is 16.5. The fourth-order valence-corrected chi connectivity index (χ4v) is 3.63. The van der Waals surface area contributed by atoms with Gasteiger partial charge in [-0.1, -0.05) is 0 Å². The van der Waals surface area contributed by atoms with Gasteiger partial charge in [0, 0.05) is 30.7 Å². The maximum Gasteiger partial charge on any atom is 0.251 e. The highest BCUT2D eigenvalue weighted by Gasteiger charge is 2.36. The average Bonchev–Trinajstić information content (AvgIpc) is 3.01. The largest absolute Gasteiger partial charge is 0.493 e. The Kier molecular flexibility index (Phi) is 5.34. The van der Waals surface area contributed by atoms with E-state index < -0.39 is 0 Å². The first-order chi connectivity index (χ1) is 12.0. The second-order valence-corrected chi connectivity index (χ2v) is 6.57. The standard InChI is InChI=1S/C18H26N2O5/c1-11-8-20-9-13(7-14(20)10-25-11)19-18(21)12-5-15(22-2)17(24-4)16(6-12)23-3/h5-6,11,13-14H,7-10H2,1-4H3,(H,19,21)/t11-,13-,14-/m0/s1. The van der Waals surface area contributed by atoms with Crippen molar-refractivity contribution in [3.63, 3.8) is 0 Å². The second-order valence-electron chi connectivity index (χ2n) is 6.57. The van der Waals surface area contributed by atoms with E-state index in [-0.39, 0.29) is 18.1 Å². The zero-order chi connectivity index (χ0) is 18.0. The Labute approximate surface area is 148 Å². The Morgan fingerprint density at radius 2 is 1.84 bits per heavy atom. The van der Waals surface area contributed by atoms with Crippen LogP contribution in [0.4, 0.5) is 0 Å². The summed E-state index contributed by atoms with van der Waals surface area (Å²) >= 11 is 0. The molecule has 1 aromatic carbocycles. The van der Waals surface area contributed by atoms with Crippen molar-refractivity contribution >= 4 is 5.91 Å². The van der Waals surface area contributed by atoms with Crippen LogP contribution in [0, 0.1) is 0 Å². The van der Waals surface area contributed by atoms with E-state index in [1.165, 1.54) is 21.3 Å². The number of fused-ring (bicyclic) bond motifs is 1. The van der Waals surface area contributed by atoms with E-state index in [2.05, 4.69) is 17.1 Å². The van der Waals surface area contributed by atoms with Crippen LogP contribution in [0.5, 0.6) is 17.2 Å². The molecular weight excluding hydrogens is 324 g/mol. The lowest BCUT2D eigenvalue weighted by atomic mass is 10.1. The van der Waals surface area contributed by atoms with Crippen molar-refractivity contribution in [2.75, 3.05) is 41.0 Å². The van der Waals surface area contributed by atoms with E-state index in [1.807, 2.05) is 0 Å². The fourth-order valence-electron chi connectivity index (χ4n) is 3.63. The molecule has 2 aliphatic rings. The van der Waals surface area contributed by atoms with Gasteiger partial charge in [-0.15, -0.1) is 0 Å². The van der Waals surface area contributed by atoms with Crippen LogP contribution in [0.2, 0.25) is 0 Å². The molecule has 2 saturated heterocycles. The van der Waals surface area contributed by atoms with E-state index in [0.717, 1.165) is 26.1 Å². The van der Waals surface area contributed by atoms with Gasteiger partial charge in [-0.3, -0.25) is 9.69 Å². The van der Waals surface area contributed by atoms with Crippen LogP contribution < -0.4 is 19.5 Å². The monoisotopic (exact) mass is 350 g/mol. The van der Waals surface area contributed by atoms with Gasteiger partial charge in [-0.2, -0.15) is 0 Å². The third kappa shape index (κ3) is 3.67. The van der Waals surface area contributed by atoms with Crippen molar-refractivity contribution in [3.8, 4) is 17.2 Å². The zero-order valence-electron chi connectivity index (χ0n) is 15.2. The van der Waals surface area contributed by atoms with E-state index in [4.69, 9.17) is 18.9 Å². The molecule has 0 bridgehead atoms. The minimum atomic E-state index is -0.141. The number of morpholine rings is 1. The number of rotatable bonds is 5. The van der Waals surface area contributed by atoms with E-state index in [9.17, 15) is 4.79 Å². The molecule has 0 aromatic heterocycles. The van der Waals surface area contributed by atoms with Gasteiger partial charge in [0.15, 0.2) is 11.5 Å². The molecule has 7 nitrogen and oxygen atoms in total. The Balaban J connectivity index is 1.71. The van der Waals surface area contributed by atoms with Gasteiger partial charge in [0.2, 0.25) is 5.75 Å². The fraction of sp³-hybridized carbons (Fsp3) is 0.611. The van der Waals surface area contributed by atoms with Crippen molar-refractivity contribution in [2.45, 2.75) is 31.5 Å². The lowest BCUT2D eigenvalue weighted by molar-refractivity contribution is -0.0390. The minimum absolute atomic E-state index is 0.116. The first-order valence-corrected chi connectivity index (χ1v) is 8.52. The molecule has 0 radical (unpaired) electrons. The smallest absolute Gasteiger partial charge is 0.251 e. The van der Waals surface area contributed by atoms with E-state index in [1.54, 1.807) is 12.1 Å². The van der Waals surface area contributed by atoms with Crippen LogP contribution in [0.1, 0.15) is 23.7 Å². The number of nitrogens with one attached hydrogen (secondary N) is 1. The number of methoxy groups -OCH3 is 3. The SMILES string of the molecule is COc1cc(C(=O)N[C@H]2C[C@H]3CO[C@@H](C)CN3C2)cc(OC)c1OC. The first-order valence-electron chi connectivity index (χ1n) is 8.52. The van der Waals surface area contributed by atoms with Crippen molar-refractivity contribution in [2.24, 2.45) is 0 Å². The quantitative estimate of drug-likeness (QED) is 0.863. The third-order valence-corrected chi connectivity index (χ3v) is 4.85. The van der Waals surface area contributed by atoms with Crippen molar-refractivity contribution < 1.29 is 23.7 Å². The molecule has 2 heterocycles. The summed E-state index contributed by atoms with van der Waals surface area (Å²) in [7, 11) is 4.61. The van der Waals surface area contributed by atoms with Crippen LogP contribution in [-0.2, 0) is 4.74 Å². The lowest BCUT2D eigenvalue weighted by Crippen LogP contribution is -2.45. The zero-order valence-corrected chi connectivity index (χ0v) is 15.2. The Hall–Kier alpha value is -1.99. The number of hydrogen-bond donors (Lipinski definition) is 1. The summed E-state index contributed by atoms with van der Waals surface area (Å²) in [6, 6.07) is 3.85. The first kappa shape index (κ1) is 17.8. The summed E-state index contributed by atoms with van der Waals surface area (Å²) in [4.78, 5) is 15.1. The molecule has 2 fully saturated rings. The van der Waals surface area contributed by atoms with Gasteiger partial charge in [-0.25, -0.2) is 0 Å². The highest BCUT2D eigenvalue weighted by Crippen LogP contribution is 2.38. The van der Waals surface area contributed by atoms with Gasteiger partial charge >= 0.3 is 0 Å². The second kappa shape index (κ2) is 7.49. The maximum atomic E-state index is 12.7. The van der Waals surface area contributed by atoms with E-state index in [0.29, 0.717) is 28.9 Å². The predicted octanol–water partition coefficient (Wildman–Crippen LogP) is 1.30. The minimum Gasteiger partial charge on any atom is -0.493 e. The number of hydrogen-bond acceptors (Lipinski definition) is 6. The number of carbonyl (C=O) groups excluding carboxylic acids is 1. The topological polar surface area (TPSA) is 69.3 Å². The summed E-state index contributed by atoms with van der Waals surface area (Å²) < 4.78 is 21.7. The van der Waals surface area contributed by atoms with E-state index >= 15 is 0 Å². The highest BCUT2D eigenvalue weighted by molar-refractivity contribution is 5.95. The summed E-state index contributed by atoms with van der Waals surface area (Å²) in [6.45, 7) is 4.59. The van der Waals surface area contributed by atoms with Crippen molar-refractivity contribution in [1.29, 1.82) is 0 Å². The Morgan fingerprint density at radius 1 is 1.16 bits per heavy atom. The number of amides is 1. The molecule has 0 unspecified atom stereocenters. The molecule has 1 N–H and O–H groups in total. The summed E-state index contributed by atoms with van der Waals surface area (Å²) in [6.07, 6.45) is 1.16. The Morgan fingerprint density at radius 3 is 2.44 bits per heavy atom. The molecular formula is C18H26N2O5. The lowest BCUT2D eigenvalue weighted by Gasteiger charge is -2.33. The van der Waals surface area contributed by atoms with Gasteiger partial charge in [-0.05, 0) is 25.5 Å². The molecule has 1 amide bonds.